The molecule has 1 aromatic carbocycles. The largest absolute Gasteiger partial charge is 0.494 e. The van der Waals surface area contributed by atoms with Crippen molar-refractivity contribution in [3.8, 4) is 5.75 Å². The molecule has 0 bridgehead atoms. The topological polar surface area (TPSA) is 29.5 Å². The first-order valence-corrected chi connectivity index (χ1v) is 5.44. The molecule has 1 atom stereocenters. The van der Waals surface area contributed by atoms with Gasteiger partial charge >= 0.3 is 0 Å². The van der Waals surface area contributed by atoms with Gasteiger partial charge in [-0.2, -0.15) is 0 Å². The summed E-state index contributed by atoms with van der Waals surface area (Å²) >= 11 is 0. The molecule has 1 N–H and O–H groups in total. The van der Waals surface area contributed by atoms with Crippen molar-refractivity contribution >= 4 is 0 Å². The highest BCUT2D eigenvalue weighted by atomic mass is 19.1. The Morgan fingerprint density at radius 3 is 2.56 bits per heavy atom. The molecule has 90 valence electrons. The standard InChI is InChI=1S/C13H19FO2/c1-5-13(2,3)12(15)9-7-6-8-10(16-4)11(9)14/h6-8,12,15H,5H2,1-4H3. The number of rotatable bonds is 4. The number of ether oxygens (including phenoxy) is 1. The summed E-state index contributed by atoms with van der Waals surface area (Å²) in [6.07, 6.45) is -0.0576. The van der Waals surface area contributed by atoms with Crippen LogP contribution in [-0.2, 0) is 0 Å². The molecule has 0 aliphatic heterocycles. The van der Waals surface area contributed by atoms with Crippen LogP contribution in [0.1, 0.15) is 38.9 Å². The average Bonchev–Trinajstić information content (AvgIpc) is 2.28. The number of hydrogen-bond donors (Lipinski definition) is 1. The van der Waals surface area contributed by atoms with Crippen LogP contribution in [0.3, 0.4) is 0 Å². The van der Waals surface area contributed by atoms with Crippen LogP contribution < -0.4 is 4.74 Å². The van der Waals surface area contributed by atoms with Gasteiger partial charge in [-0.1, -0.05) is 32.9 Å². The summed E-state index contributed by atoms with van der Waals surface area (Å²) in [5.74, 6) is -0.303. The second-order valence-electron chi connectivity index (χ2n) is 4.61. The van der Waals surface area contributed by atoms with Crippen molar-refractivity contribution in [1.29, 1.82) is 0 Å². The zero-order chi connectivity index (χ0) is 12.3. The van der Waals surface area contributed by atoms with E-state index in [1.165, 1.54) is 7.11 Å². The third kappa shape index (κ3) is 2.35. The Hall–Kier alpha value is -1.09. The molecule has 0 aromatic heterocycles. The highest BCUT2D eigenvalue weighted by Crippen LogP contribution is 2.38. The van der Waals surface area contributed by atoms with Crippen LogP contribution in [0.4, 0.5) is 4.39 Å². The van der Waals surface area contributed by atoms with Gasteiger partial charge in [0.25, 0.3) is 0 Å². The average molecular weight is 226 g/mol. The van der Waals surface area contributed by atoms with Gasteiger partial charge < -0.3 is 9.84 Å². The number of aliphatic hydroxyl groups is 1. The number of aliphatic hydroxyl groups excluding tert-OH is 1. The molecule has 0 radical (unpaired) electrons. The van der Waals surface area contributed by atoms with E-state index in [-0.39, 0.29) is 11.2 Å². The van der Waals surface area contributed by atoms with Gasteiger partial charge in [0.05, 0.1) is 13.2 Å². The van der Waals surface area contributed by atoms with Crippen molar-refractivity contribution in [1.82, 2.24) is 0 Å². The van der Waals surface area contributed by atoms with Gasteiger partial charge in [0.2, 0.25) is 0 Å². The van der Waals surface area contributed by atoms with E-state index >= 15 is 0 Å². The Balaban J connectivity index is 3.14. The lowest BCUT2D eigenvalue weighted by atomic mass is 9.80. The molecule has 0 fully saturated rings. The number of hydrogen-bond acceptors (Lipinski definition) is 2. The van der Waals surface area contributed by atoms with Gasteiger partial charge in [0, 0.05) is 5.56 Å². The van der Waals surface area contributed by atoms with E-state index in [0.29, 0.717) is 5.56 Å². The minimum Gasteiger partial charge on any atom is -0.494 e. The van der Waals surface area contributed by atoms with Crippen molar-refractivity contribution in [2.75, 3.05) is 7.11 Å². The molecule has 0 spiro atoms. The fraction of sp³-hybridized carbons (Fsp3) is 0.538. The molecule has 3 heteroatoms. The third-order valence-electron chi connectivity index (χ3n) is 3.16. The first kappa shape index (κ1) is 13.0. The lowest BCUT2D eigenvalue weighted by Crippen LogP contribution is -2.22. The summed E-state index contributed by atoms with van der Waals surface area (Å²) in [5.41, 5.74) is -0.0566. The van der Waals surface area contributed by atoms with Crippen LogP contribution in [-0.4, -0.2) is 12.2 Å². The number of benzene rings is 1. The lowest BCUT2D eigenvalue weighted by molar-refractivity contribution is 0.0432. The molecule has 0 heterocycles. The van der Waals surface area contributed by atoms with Crippen LogP contribution in [0, 0.1) is 11.2 Å². The fourth-order valence-corrected chi connectivity index (χ4v) is 1.51. The molecule has 0 aliphatic carbocycles. The van der Waals surface area contributed by atoms with E-state index in [1.807, 2.05) is 20.8 Å². The fourth-order valence-electron chi connectivity index (χ4n) is 1.51. The minimum absolute atomic E-state index is 0.170. The van der Waals surface area contributed by atoms with Crippen LogP contribution >= 0.6 is 0 Å². The van der Waals surface area contributed by atoms with E-state index in [4.69, 9.17) is 4.74 Å². The quantitative estimate of drug-likeness (QED) is 0.853. The van der Waals surface area contributed by atoms with Gasteiger partial charge in [-0.3, -0.25) is 0 Å². The van der Waals surface area contributed by atoms with Gasteiger partial charge in [0.1, 0.15) is 0 Å². The van der Waals surface area contributed by atoms with E-state index in [2.05, 4.69) is 0 Å². The van der Waals surface area contributed by atoms with Gasteiger partial charge in [-0.15, -0.1) is 0 Å². The maximum Gasteiger partial charge on any atom is 0.170 e. The maximum absolute atomic E-state index is 13.9. The number of halogens is 1. The van der Waals surface area contributed by atoms with Crippen LogP contribution in [0.15, 0.2) is 18.2 Å². The summed E-state index contributed by atoms with van der Waals surface area (Å²) in [6.45, 7) is 5.80. The van der Waals surface area contributed by atoms with Gasteiger partial charge in [-0.05, 0) is 17.9 Å². The Bertz CT molecular complexity index is 361. The van der Waals surface area contributed by atoms with E-state index in [9.17, 15) is 9.50 Å². The monoisotopic (exact) mass is 226 g/mol. The summed E-state index contributed by atoms with van der Waals surface area (Å²) in [4.78, 5) is 0. The molecule has 1 aromatic rings. The zero-order valence-corrected chi connectivity index (χ0v) is 10.2. The van der Waals surface area contributed by atoms with Crippen molar-refractivity contribution in [2.24, 2.45) is 5.41 Å². The predicted octanol–water partition coefficient (Wildman–Crippen LogP) is 3.30. The van der Waals surface area contributed by atoms with E-state index < -0.39 is 11.9 Å². The zero-order valence-electron chi connectivity index (χ0n) is 10.2. The first-order chi connectivity index (χ1) is 7.44. The van der Waals surface area contributed by atoms with Crippen molar-refractivity contribution in [3.05, 3.63) is 29.6 Å². The Morgan fingerprint density at radius 2 is 2.06 bits per heavy atom. The molecule has 0 saturated heterocycles. The van der Waals surface area contributed by atoms with Crippen molar-refractivity contribution in [2.45, 2.75) is 33.3 Å². The molecular formula is C13H19FO2. The maximum atomic E-state index is 13.9. The smallest absolute Gasteiger partial charge is 0.170 e. The summed E-state index contributed by atoms with van der Waals surface area (Å²) in [5, 5.41) is 10.2. The highest BCUT2D eigenvalue weighted by Gasteiger charge is 2.30. The third-order valence-corrected chi connectivity index (χ3v) is 3.16. The predicted molar refractivity (Wildman–Crippen MR) is 62.0 cm³/mol. The summed E-state index contributed by atoms with van der Waals surface area (Å²) in [6, 6.07) is 4.83. The minimum atomic E-state index is -0.826. The summed E-state index contributed by atoms with van der Waals surface area (Å²) < 4.78 is 18.8. The summed E-state index contributed by atoms with van der Waals surface area (Å²) in [7, 11) is 1.42. The SMILES string of the molecule is CCC(C)(C)C(O)c1cccc(OC)c1F. The molecule has 2 nitrogen and oxygen atoms in total. The Labute approximate surface area is 96.1 Å². The second-order valence-corrected chi connectivity index (χ2v) is 4.61. The highest BCUT2D eigenvalue weighted by molar-refractivity contribution is 5.33. The molecule has 0 aliphatic rings. The molecule has 16 heavy (non-hydrogen) atoms. The molecule has 0 amide bonds. The second kappa shape index (κ2) is 4.83. The van der Waals surface area contributed by atoms with Crippen molar-refractivity contribution in [3.63, 3.8) is 0 Å². The molecule has 1 rings (SSSR count). The van der Waals surface area contributed by atoms with E-state index in [0.717, 1.165) is 6.42 Å². The molecule has 0 saturated carbocycles. The number of methoxy groups -OCH3 is 1. The molecular weight excluding hydrogens is 207 g/mol. The van der Waals surface area contributed by atoms with Crippen LogP contribution in [0.5, 0.6) is 5.75 Å². The van der Waals surface area contributed by atoms with Gasteiger partial charge in [0.15, 0.2) is 11.6 Å². The van der Waals surface area contributed by atoms with E-state index in [1.54, 1.807) is 18.2 Å². The van der Waals surface area contributed by atoms with Crippen LogP contribution in [0.2, 0.25) is 0 Å². The Kier molecular flexibility index (Phi) is 3.92. The Morgan fingerprint density at radius 1 is 1.44 bits per heavy atom. The van der Waals surface area contributed by atoms with Gasteiger partial charge in [-0.25, -0.2) is 4.39 Å². The normalized spacial score (nSPS) is 13.6. The first-order valence-electron chi connectivity index (χ1n) is 5.44. The molecule has 1 unspecified atom stereocenters. The van der Waals surface area contributed by atoms with Crippen molar-refractivity contribution < 1.29 is 14.2 Å². The lowest BCUT2D eigenvalue weighted by Gasteiger charge is -2.29. The van der Waals surface area contributed by atoms with Crippen LogP contribution in [0.25, 0.3) is 0 Å².